The molecule has 0 aromatic carbocycles. The highest BCUT2D eigenvalue weighted by Gasteiger charge is 2.32. The van der Waals surface area contributed by atoms with Crippen molar-refractivity contribution in [1.82, 2.24) is 10.3 Å². The van der Waals surface area contributed by atoms with Gasteiger partial charge >= 0.3 is 6.18 Å². The van der Waals surface area contributed by atoms with Crippen molar-refractivity contribution in [2.24, 2.45) is 0 Å². The van der Waals surface area contributed by atoms with Crippen LogP contribution in [0.3, 0.4) is 0 Å². The van der Waals surface area contributed by atoms with Crippen molar-refractivity contribution in [2.45, 2.75) is 24.8 Å². The van der Waals surface area contributed by atoms with Crippen LogP contribution in [0.5, 0.6) is 0 Å². The third-order valence-electron chi connectivity index (χ3n) is 2.47. The summed E-state index contributed by atoms with van der Waals surface area (Å²) in [7, 11) is 1.69. The van der Waals surface area contributed by atoms with Gasteiger partial charge in [0.2, 0.25) is 0 Å². The van der Waals surface area contributed by atoms with Gasteiger partial charge in [-0.15, -0.1) is 0 Å². The molecule has 2 atom stereocenters. The molecule has 0 aliphatic carbocycles. The van der Waals surface area contributed by atoms with Gasteiger partial charge in [0, 0.05) is 11.8 Å². The van der Waals surface area contributed by atoms with Crippen LogP contribution in [0.1, 0.15) is 23.8 Å². The molecule has 2 unspecified atom stereocenters. The Hall–Kier alpha value is -1.18. The fourth-order valence-electron chi connectivity index (χ4n) is 1.42. The van der Waals surface area contributed by atoms with E-state index in [-0.39, 0.29) is 5.56 Å². The average Bonchev–Trinajstić information content (AvgIpc) is 2.34. The van der Waals surface area contributed by atoms with Crippen LogP contribution in [0.4, 0.5) is 13.2 Å². The highest BCUT2D eigenvalue weighted by molar-refractivity contribution is 5.18. The Bertz CT molecular complexity index is 368. The third-order valence-corrected chi connectivity index (χ3v) is 2.47. The lowest BCUT2D eigenvalue weighted by Crippen LogP contribution is -2.23. The van der Waals surface area contributed by atoms with Crippen molar-refractivity contribution < 1.29 is 23.4 Å². The van der Waals surface area contributed by atoms with Gasteiger partial charge in [0.15, 0.2) is 0 Å². The molecule has 0 bridgehead atoms. The largest absolute Gasteiger partial charge is 0.433 e. The second kappa shape index (κ2) is 6.12. The van der Waals surface area contributed by atoms with Gasteiger partial charge in [-0.3, -0.25) is 4.98 Å². The molecule has 1 aromatic heterocycles. The van der Waals surface area contributed by atoms with E-state index in [0.717, 1.165) is 18.3 Å². The fourth-order valence-corrected chi connectivity index (χ4v) is 1.42. The predicted molar refractivity (Wildman–Crippen MR) is 58.7 cm³/mol. The summed E-state index contributed by atoms with van der Waals surface area (Å²) < 4.78 is 36.8. The molecule has 0 aliphatic rings. The summed E-state index contributed by atoms with van der Waals surface area (Å²) in [5.74, 6) is 0. The standard InChI is InChI=1S/C11H15F3N2O2/c1-15-5-4-8(17)10(18)7-2-3-9(16-6-7)11(12,13)14/h2-3,6,8,10,15,17-18H,4-5H2,1H3. The molecule has 0 fully saturated rings. The summed E-state index contributed by atoms with van der Waals surface area (Å²) >= 11 is 0. The van der Waals surface area contributed by atoms with E-state index in [1.807, 2.05) is 0 Å². The Kier molecular flexibility index (Phi) is 5.06. The topological polar surface area (TPSA) is 65.4 Å². The van der Waals surface area contributed by atoms with Crippen molar-refractivity contribution in [3.05, 3.63) is 29.6 Å². The maximum atomic E-state index is 12.3. The molecule has 1 rings (SSSR count). The van der Waals surface area contributed by atoms with Crippen LogP contribution in [0.15, 0.2) is 18.3 Å². The first kappa shape index (κ1) is 14.9. The molecule has 4 nitrogen and oxygen atoms in total. The Balaban J connectivity index is 2.72. The Morgan fingerprint density at radius 2 is 2.00 bits per heavy atom. The van der Waals surface area contributed by atoms with Gasteiger partial charge < -0.3 is 15.5 Å². The minimum Gasteiger partial charge on any atom is -0.390 e. The lowest BCUT2D eigenvalue weighted by atomic mass is 10.0. The van der Waals surface area contributed by atoms with Gasteiger partial charge in [0.25, 0.3) is 0 Å². The average molecular weight is 264 g/mol. The minimum atomic E-state index is -4.51. The highest BCUT2D eigenvalue weighted by Crippen LogP contribution is 2.28. The molecule has 18 heavy (non-hydrogen) atoms. The van der Waals surface area contributed by atoms with Crippen molar-refractivity contribution in [1.29, 1.82) is 0 Å². The molecule has 0 saturated carbocycles. The third kappa shape index (κ3) is 3.94. The number of alkyl halides is 3. The molecule has 102 valence electrons. The molecule has 0 amide bonds. The number of hydrogen-bond donors (Lipinski definition) is 3. The predicted octanol–water partition coefficient (Wildman–Crippen LogP) is 1.10. The highest BCUT2D eigenvalue weighted by atomic mass is 19.4. The Morgan fingerprint density at radius 1 is 1.33 bits per heavy atom. The number of hydrogen-bond acceptors (Lipinski definition) is 4. The zero-order valence-electron chi connectivity index (χ0n) is 9.78. The maximum Gasteiger partial charge on any atom is 0.433 e. The summed E-state index contributed by atoms with van der Waals surface area (Å²) in [4.78, 5) is 3.22. The van der Waals surface area contributed by atoms with Crippen molar-refractivity contribution >= 4 is 0 Å². The summed E-state index contributed by atoms with van der Waals surface area (Å²) in [5.41, 5.74) is -0.866. The van der Waals surface area contributed by atoms with Gasteiger partial charge in [-0.05, 0) is 26.1 Å². The summed E-state index contributed by atoms with van der Waals surface area (Å²) in [6, 6.07) is 1.90. The second-order valence-electron chi connectivity index (χ2n) is 3.88. The van der Waals surface area contributed by atoms with Crippen molar-refractivity contribution in [2.75, 3.05) is 13.6 Å². The van der Waals surface area contributed by atoms with Crippen LogP contribution >= 0.6 is 0 Å². The van der Waals surface area contributed by atoms with E-state index in [9.17, 15) is 23.4 Å². The van der Waals surface area contributed by atoms with Gasteiger partial charge in [0.05, 0.1) is 6.10 Å². The summed E-state index contributed by atoms with van der Waals surface area (Å²) in [6.07, 6.45) is -5.58. The van der Waals surface area contributed by atoms with Crippen molar-refractivity contribution in [3.8, 4) is 0 Å². The number of rotatable bonds is 5. The number of aromatic nitrogens is 1. The molecular formula is C11H15F3N2O2. The molecule has 0 aliphatic heterocycles. The molecule has 3 N–H and O–H groups in total. The van der Waals surface area contributed by atoms with E-state index in [2.05, 4.69) is 10.3 Å². The Labute approximate surface area is 102 Å². The first-order chi connectivity index (χ1) is 8.36. The quantitative estimate of drug-likeness (QED) is 0.745. The van der Waals surface area contributed by atoms with Gasteiger partial charge in [-0.25, -0.2) is 0 Å². The molecular weight excluding hydrogens is 249 g/mol. The number of aliphatic hydroxyl groups is 2. The zero-order chi connectivity index (χ0) is 13.8. The van der Waals surface area contributed by atoms with E-state index in [0.29, 0.717) is 13.0 Å². The van der Waals surface area contributed by atoms with E-state index < -0.39 is 24.1 Å². The van der Waals surface area contributed by atoms with Crippen LogP contribution in [-0.2, 0) is 6.18 Å². The normalized spacial score (nSPS) is 15.4. The molecule has 0 saturated heterocycles. The van der Waals surface area contributed by atoms with Crippen LogP contribution in [0.2, 0.25) is 0 Å². The van der Waals surface area contributed by atoms with Crippen LogP contribution in [-0.4, -0.2) is 34.9 Å². The van der Waals surface area contributed by atoms with Gasteiger partial charge in [0.1, 0.15) is 11.8 Å². The maximum absolute atomic E-state index is 12.3. The van der Waals surface area contributed by atoms with Gasteiger partial charge in [-0.1, -0.05) is 6.07 Å². The SMILES string of the molecule is CNCCC(O)C(O)c1ccc(C(F)(F)F)nc1. The smallest absolute Gasteiger partial charge is 0.390 e. The van der Waals surface area contributed by atoms with E-state index in [1.54, 1.807) is 7.05 Å². The van der Waals surface area contributed by atoms with E-state index >= 15 is 0 Å². The first-order valence-electron chi connectivity index (χ1n) is 5.40. The molecule has 7 heteroatoms. The molecule has 0 spiro atoms. The molecule has 1 aromatic rings. The number of halogens is 3. The lowest BCUT2D eigenvalue weighted by Gasteiger charge is -2.18. The summed E-state index contributed by atoms with van der Waals surface area (Å²) in [5, 5.41) is 22.1. The minimum absolute atomic E-state index is 0.159. The lowest BCUT2D eigenvalue weighted by molar-refractivity contribution is -0.141. The van der Waals surface area contributed by atoms with Crippen LogP contribution < -0.4 is 5.32 Å². The van der Waals surface area contributed by atoms with Crippen LogP contribution in [0.25, 0.3) is 0 Å². The van der Waals surface area contributed by atoms with Crippen molar-refractivity contribution in [3.63, 3.8) is 0 Å². The number of nitrogens with one attached hydrogen (secondary N) is 1. The monoisotopic (exact) mass is 264 g/mol. The first-order valence-corrected chi connectivity index (χ1v) is 5.40. The number of pyridine rings is 1. The molecule has 1 heterocycles. The van der Waals surface area contributed by atoms with Crippen LogP contribution in [0, 0.1) is 0 Å². The zero-order valence-corrected chi connectivity index (χ0v) is 9.78. The fraction of sp³-hybridized carbons (Fsp3) is 0.545. The number of nitrogens with zero attached hydrogens (tertiary/aromatic N) is 1. The molecule has 0 radical (unpaired) electrons. The Morgan fingerprint density at radius 3 is 2.44 bits per heavy atom. The van der Waals surface area contributed by atoms with E-state index in [1.165, 1.54) is 0 Å². The summed E-state index contributed by atoms with van der Waals surface area (Å²) in [6.45, 7) is 0.492. The van der Waals surface area contributed by atoms with E-state index in [4.69, 9.17) is 0 Å². The second-order valence-corrected chi connectivity index (χ2v) is 3.88. The number of aliphatic hydroxyl groups excluding tert-OH is 2. The van der Waals surface area contributed by atoms with Gasteiger partial charge in [-0.2, -0.15) is 13.2 Å².